The Bertz CT molecular complexity index is 453. The van der Waals surface area contributed by atoms with Gasteiger partial charge in [-0.3, -0.25) is 5.32 Å². The molecule has 0 radical (unpaired) electrons. The Morgan fingerprint density at radius 3 is 2.55 bits per heavy atom. The molecule has 1 amide bonds. The fourth-order valence-electron chi connectivity index (χ4n) is 1.60. The first kappa shape index (κ1) is 16.1. The second-order valence-corrected chi connectivity index (χ2v) is 5.47. The summed E-state index contributed by atoms with van der Waals surface area (Å²) in [6.45, 7) is 8.43. The molecule has 1 rings (SSSR count). The molecule has 5 nitrogen and oxygen atoms in total. The molecule has 0 bridgehead atoms. The average Bonchev–Trinajstić information content (AvgIpc) is 2.34. The van der Waals surface area contributed by atoms with Gasteiger partial charge in [-0.15, -0.1) is 0 Å². The molecule has 0 atom stereocenters. The van der Waals surface area contributed by atoms with Gasteiger partial charge in [0, 0.05) is 12.2 Å². The molecule has 20 heavy (non-hydrogen) atoms. The maximum atomic E-state index is 11.8. The zero-order valence-electron chi connectivity index (χ0n) is 12.9. The van der Waals surface area contributed by atoms with Crippen LogP contribution in [0.15, 0.2) is 18.2 Å². The standard InChI is InChI=1S/C15H24N2O3/c1-6-9-16-11-7-8-13(19-5)12(10-11)17-14(18)20-15(2,3)4/h7-8,10,16H,6,9H2,1-5H3,(H,17,18). The van der Waals surface area contributed by atoms with Gasteiger partial charge in [0.25, 0.3) is 0 Å². The van der Waals surface area contributed by atoms with Crippen LogP contribution in [0.5, 0.6) is 5.75 Å². The number of carbonyl (C=O) groups is 1. The van der Waals surface area contributed by atoms with Crippen LogP contribution in [0.1, 0.15) is 34.1 Å². The van der Waals surface area contributed by atoms with Crippen molar-refractivity contribution >= 4 is 17.5 Å². The van der Waals surface area contributed by atoms with Crippen molar-refractivity contribution in [2.75, 3.05) is 24.3 Å². The molecule has 5 heteroatoms. The summed E-state index contributed by atoms with van der Waals surface area (Å²) in [5.74, 6) is 0.595. The normalized spacial score (nSPS) is 10.8. The highest BCUT2D eigenvalue weighted by Crippen LogP contribution is 2.28. The molecule has 0 saturated heterocycles. The highest BCUT2D eigenvalue weighted by atomic mass is 16.6. The SMILES string of the molecule is CCCNc1ccc(OC)c(NC(=O)OC(C)(C)C)c1. The van der Waals surface area contributed by atoms with Crippen molar-refractivity contribution in [3.8, 4) is 5.75 Å². The molecule has 0 saturated carbocycles. The zero-order chi connectivity index (χ0) is 15.2. The van der Waals surface area contributed by atoms with Gasteiger partial charge in [-0.1, -0.05) is 6.92 Å². The van der Waals surface area contributed by atoms with Gasteiger partial charge in [-0.25, -0.2) is 4.79 Å². The van der Waals surface area contributed by atoms with E-state index in [1.54, 1.807) is 7.11 Å². The summed E-state index contributed by atoms with van der Waals surface area (Å²) in [6, 6.07) is 5.55. The molecular weight excluding hydrogens is 256 g/mol. The Balaban J connectivity index is 2.82. The van der Waals surface area contributed by atoms with Gasteiger partial charge in [-0.2, -0.15) is 0 Å². The molecule has 0 unspecified atom stereocenters. The van der Waals surface area contributed by atoms with Gasteiger partial charge in [0.15, 0.2) is 0 Å². The average molecular weight is 280 g/mol. The van der Waals surface area contributed by atoms with Crippen LogP contribution < -0.4 is 15.4 Å². The fourth-order valence-corrected chi connectivity index (χ4v) is 1.60. The molecule has 112 valence electrons. The Labute approximate surface area is 120 Å². The number of nitrogens with one attached hydrogen (secondary N) is 2. The predicted octanol–water partition coefficient (Wildman–Crippen LogP) is 3.86. The minimum absolute atomic E-state index is 0.497. The van der Waals surface area contributed by atoms with Crippen LogP contribution in [0.3, 0.4) is 0 Å². The second-order valence-electron chi connectivity index (χ2n) is 5.47. The lowest BCUT2D eigenvalue weighted by atomic mass is 10.2. The van der Waals surface area contributed by atoms with Gasteiger partial charge in [0.05, 0.1) is 12.8 Å². The first-order valence-electron chi connectivity index (χ1n) is 6.77. The molecule has 0 spiro atoms. The van der Waals surface area contributed by atoms with Crippen molar-refractivity contribution in [2.24, 2.45) is 0 Å². The molecule has 0 aliphatic carbocycles. The number of ether oxygens (including phenoxy) is 2. The Morgan fingerprint density at radius 1 is 1.30 bits per heavy atom. The lowest BCUT2D eigenvalue weighted by Crippen LogP contribution is -2.27. The zero-order valence-corrected chi connectivity index (χ0v) is 12.9. The van der Waals surface area contributed by atoms with Gasteiger partial charge >= 0.3 is 6.09 Å². The lowest BCUT2D eigenvalue weighted by molar-refractivity contribution is 0.0635. The van der Waals surface area contributed by atoms with E-state index in [-0.39, 0.29) is 0 Å². The summed E-state index contributed by atoms with van der Waals surface area (Å²) in [5, 5.41) is 5.97. The third kappa shape index (κ3) is 5.38. The quantitative estimate of drug-likeness (QED) is 0.859. The molecule has 0 heterocycles. The molecule has 0 fully saturated rings. The fraction of sp³-hybridized carbons (Fsp3) is 0.533. The number of hydrogen-bond acceptors (Lipinski definition) is 4. The molecule has 1 aromatic rings. The first-order chi connectivity index (χ1) is 9.35. The summed E-state index contributed by atoms with van der Waals surface area (Å²) < 4.78 is 10.5. The van der Waals surface area contributed by atoms with E-state index in [9.17, 15) is 4.79 Å². The van der Waals surface area contributed by atoms with Crippen molar-refractivity contribution in [2.45, 2.75) is 39.7 Å². The molecular formula is C15H24N2O3. The maximum absolute atomic E-state index is 11.8. The first-order valence-corrected chi connectivity index (χ1v) is 6.77. The van der Waals surface area contributed by atoms with E-state index in [0.717, 1.165) is 18.7 Å². The van der Waals surface area contributed by atoms with Crippen molar-refractivity contribution in [3.05, 3.63) is 18.2 Å². The minimum atomic E-state index is -0.532. The summed E-state index contributed by atoms with van der Waals surface area (Å²) in [7, 11) is 1.56. The molecule has 0 aliphatic rings. The number of amides is 1. The number of rotatable bonds is 5. The predicted molar refractivity (Wildman–Crippen MR) is 81.6 cm³/mol. The molecule has 2 N–H and O–H groups in total. The second kappa shape index (κ2) is 7.03. The van der Waals surface area contributed by atoms with E-state index in [1.807, 2.05) is 39.0 Å². The van der Waals surface area contributed by atoms with E-state index < -0.39 is 11.7 Å². The largest absolute Gasteiger partial charge is 0.495 e. The molecule has 0 aromatic heterocycles. The Hall–Kier alpha value is -1.91. The third-order valence-corrected chi connectivity index (χ3v) is 2.41. The summed E-state index contributed by atoms with van der Waals surface area (Å²) in [6.07, 6.45) is 0.532. The van der Waals surface area contributed by atoms with Crippen LogP contribution in [-0.2, 0) is 4.74 Å². The number of anilines is 2. The highest BCUT2D eigenvalue weighted by Gasteiger charge is 2.17. The lowest BCUT2D eigenvalue weighted by Gasteiger charge is -2.20. The van der Waals surface area contributed by atoms with Gasteiger partial charge in [0.1, 0.15) is 11.4 Å². The monoisotopic (exact) mass is 280 g/mol. The molecule has 0 aliphatic heterocycles. The number of carbonyl (C=O) groups excluding carboxylic acids is 1. The van der Waals surface area contributed by atoms with Gasteiger partial charge in [-0.05, 0) is 45.4 Å². The van der Waals surface area contributed by atoms with Crippen LogP contribution in [0.2, 0.25) is 0 Å². The van der Waals surface area contributed by atoms with Crippen molar-refractivity contribution < 1.29 is 14.3 Å². The van der Waals surface area contributed by atoms with Crippen molar-refractivity contribution in [3.63, 3.8) is 0 Å². The van der Waals surface area contributed by atoms with E-state index in [4.69, 9.17) is 9.47 Å². The van der Waals surface area contributed by atoms with Crippen LogP contribution in [0.25, 0.3) is 0 Å². The van der Waals surface area contributed by atoms with E-state index in [1.165, 1.54) is 0 Å². The minimum Gasteiger partial charge on any atom is -0.495 e. The van der Waals surface area contributed by atoms with E-state index in [2.05, 4.69) is 17.6 Å². The summed E-state index contributed by atoms with van der Waals surface area (Å²) in [4.78, 5) is 11.8. The van der Waals surface area contributed by atoms with Crippen molar-refractivity contribution in [1.82, 2.24) is 0 Å². The third-order valence-electron chi connectivity index (χ3n) is 2.41. The molecule has 1 aromatic carbocycles. The van der Waals surface area contributed by atoms with Gasteiger partial charge in [0.2, 0.25) is 0 Å². The number of benzene rings is 1. The Kier molecular flexibility index (Phi) is 5.67. The Morgan fingerprint density at radius 2 is 2.00 bits per heavy atom. The topological polar surface area (TPSA) is 59.6 Å². The highest BCUT2D eigenvalue weighted by molar-refractivity contribution is 5.88. The van der Waals surface area contributed by atoms with Crippen LogP contribution >= 0.6 is 0 Å². The summed E-state index contributed by atoms with van der Waals surface area (Å²) in [5.41, 5.74) is 0.983. The smallest absolute Gasteiger partial charge is 0.412 e. The van der Waals surface area contributed by atoms with Crippen molar-refractivity contribution in [1.29, 1.82) is 0 Å². The number of methoxy groups -OCH3 is 1. The van der Waals surface area contributed by atoms with E-state index >= 15 is 0 Å². The van der Waals surface area contributed by atoms with E-state index in [0.29, 0.717) is 11.4 Å². The maximum Gasteiger partial charge on any atom is 0.412 e. The number of hydrogen-bond donors (Lipinski definition) is 2. The van der Waals surface area contributed by atoms with Crippen LogP contribution in [0, 0.1) is 0 Å². The van der Waals surface area contributed by atoms with Crippen LogP contribution in [0.4, 0.5) is 16.2 Å². The summed E-state index contributed by atoms with van der Waals surface area (Å²) >= 11 is 0. The van der Waals surface area contributed by atoms with Crippen LogP contribution in [-0.4, -0.2) is 25.3 Å². The van der Waals surface area contributed by atoms with Gasteiger partial charge < -0.3 is 14.8 Å².